The van der Waals surface area contributed by atoms with Gasteiger partial charge in [-0.05, 0) is 6.92 Å². The summed E-state index contributed by atoms with van der Waals surface area (Å²) in [5, 5.41) is 0. The lowest BCUT2D eigenvalue weighted by molar-refractivity contribution is -0.177. The van der Waals surface area contributed by atoms with Gasteiger partial charge in [-0.3, -0.25) is 0 Å². The molecule has 11 heavy (non-hydrogen) atoms. The quantitative estimate of drug-likeness (QED) is 0.687. The van der Waals surface area contributed by atoms with Gasteiger partial charge in [0.25, 0.3) is 0 Å². The topological polar surface area (TPSA) is 52.0 Å². The van der Waals surface area contributed by atoms with Gasteiger partial charge in [-0.15, -0.1) is 24.8 Å². The van der Waals surface area contributed by atoms with Crippen molar-refractivity contribution in [3.05, 3.63) is 0 Å². The Morgan fingerprint density at radius 2 is 1.45 bits per heavy atom. The lowest BCUT2D eigenvalue weighted by Gasteiger charge is -2.25. The maximum Gasteiger partial charge on any atom is 0.407 e. The fraction of sp³-hybridized carbons (Fsp3) is 1.00. The van der Waals surface area contributed by atoms with E-state index >= 15 is 0 Å². The smallest absolute Gasteiger partial charge is 0.328 e. The van der Waals surface area contributed by atoms with E-state index in [2.05, 4.69) is 0 Å². The number of halogens is 5. The first kappa shape index (κ1) is 17.4. The van der Waals surface area contributed by atoms with Gasteiger partial charge in [0.2, 0.25) is 0 Å². The van der Waals surface area contributed by atoms with Crippen LogP contribution in [0.15, 0.2) is 0 Å². The molecular formula is C4H11Cl2F3N2. The molecule has 0 aromatic carbocycles. The van der Waals surface area contributed by atoms with Crippen LogP contribution in [0.4, 0.5) is 13.2 Å². The van der Waals surface area contributed by atoms with Crippen molar-refractivity contribution >= 4 is 24.8 Å². The minimum atomic E-state index is -4.40. The van der Waals surface area contributed by atoms with Gasteiger partial charge in [-0.1, -0.05) is 0 Å². The van der Waals surface area contributed by atoms with Crippen LogP contribution < -0.4 is 11.5 Å². The highest BCUT2D eigenvalue weighted by Gasteiger charge is 2.46. The largest absolute Gasteiger partial charge is 0.407 e. The second kappa shape index (κ2) is 5.03. The van der Waals surface area contributed by atoms with Crippen molar-refractivity contribution in [1.29, 1.82) is 0 Å². The lowest BCUT2D eigenvalue weighted by atomic mass is 10.1. The molecule has 4 N–H and O–H groups in total. The van der Waals surface area contributed by atoms with Crippen LogP contribution in [0, 0.1) is 0 Å². The molecule has 7 heteroatoms. The zero-order valence-corrected chi connectivity index (χ0v) is 7.45. The van der Waals surface area contributed by atoms with E-state index in [9.17, 15) is 13.2 Å². The van der Waals surface area contributed by atoms with Gasteiger partial charge in [0.1, 0.15) is 5.54 Å². The number of hydrogen-bond donors (Lipinski definition) is 2. The standard InChI is InChI=1S/C4H9F3N2.2ClH/c1-3(9,2-8)4(5,6)7;;/h2,8-9H2,1H3;2*1H/t3-;;/m0../s1. The Hall–Kier alpha value is 0.290. The molecule has 0 fully saturated rings. The van der Waals surface area contributed by atoms with Gasteiger partial charge in [-0.2, -0.15) is 13.2 Å². The molecular weight excluding hydrogens is 204 g/mol. The molecule has 0 rings (SSSR count). The highest BCUT2D eigenvalue weighted by atomic mass is 35.5. The van der Waals surface area contributed by atoms with Gasteiger partial charge >= 0.3 is 6.18 Å². The van der Waals surface area contributed by atoms with Crippen molar-refractivity contribution in [2.24, 2.45) is 11.5 Å². The summed E-state index contributed by atoms with van der Waals surface area (Å²) in [6.07, 6.45) is -4.40. The monoisotopic (exact) mass is 214 g/mol. The minimum absolute atomic E-state index is 0. The van der Waals surface area contributed by atoms with Crippen molar-refractivity contribution in [3.8, 4) is 0 Å². The zero-order valence-electron chi connectivity index (χ0n) is 5.81. The number of alkyl halides is 3. The van der Waals surface area contributed by atoms with E-state index in [0.717, 1.165) is 6.92 Å². The van der Waals surface area contributed by atoms with Crippen LogP contribution >= 0.6 is 24.8 Å². The van der Waals surface area contributed by atoms with E-state index in [1.807, 2.05) is 0 Å². The molecule has 2 nitrogen and oxygen atoms in total. The van der Waals surface area contributed by atoms with Crippen molar-refractivity contribution in [2.45, 2.75) is 18.6 Å². The normalized spacial score (nSPS) is 15.8. The summed E-state index contributed by atoms with van der Waals surface area (Å²) >= 11 is 0. The molecule has 0 radical (unpaired) electrons. The van der Waals surface area contributed by atoms with Crippen molar-refractivity contribution < 1.29 is 13.2 Å². The molecule has 0 saturated carbocycles. The van der Waals surface area contributed by atoms with Crippen LogP contribution in [-0.2, 0) is 0 Å². The molecule has 0 spiro atoms. The van der Waals surface area contributed by atoms with E-state index in [1.165, 1.54) is 0 Å². The first-order valence-electron chi connectivity index (χ1n) is 2.37. The van der Waals surface area contributed by atoms with E-state index in [0.29, 0.717) is 0 Å². The van der Waals surface area contributed by atoms with E-state index in [4.69, 9.17) is 11.5 Å². The predicted octanol–water partition coefficient (Wildman–Crippen LogP) is 1.07. The third-order valence-corrected chi connectivity index (χ3v) is 1.07. The first-order chi connectivity index (χ1) is 3.81. The lowest BCUT2D eigenvalue weighted by Crippen LogP contribution is -2.56. The summed E-state index contributed by atoms with van der Waals surface area (Å²) < 4.78 is 34.9. The number of nitrogens with two attached hydrogens (primary N) is 2. The Morgan fingerprint density at radius 1 is 1.18 bits per heavy atom. The maximum absolute atomic E-state index is 11.6. The summed E-state index contributed by atoms with van der Waals surface area (Å²) in [6.45, 7) is 0.267. The molecule has 1 atom stereocenters. The Bertz CT molecular complexity index is 104. The Morgan fingerprint density at radius 3 is 1.45 bits per heavy atom. The van der Waals surface area contributed by atoms with Crippen LogP contribution in [0.5, 0.6) is 0 Å². The van der Waals surface area contributed by atoms with Crippen LogP contribution in [0.25, 0.3) is 0 Å². The number of rotatable bonds is 1. The van der Waals surface area contributed by atoms with Crippen LogP contribution in [-0.4, -0.2) is 18.3 Å². The fourth-order valence-electron chi connectivity index (χ4n) is 0.116. The summed E-state index contributed by atoms with van der Waals surface area (Å²) in [6, 6.07) is 0. The highest BCUT2D eigenvalue weighted by molar-refractivity contribution is 5.85. The third-order valence-electron chi connectivity index (χ3n) is 1.07. The predicted molar refractivity (Wildman–Crippen MR) is 42.2 cm³/mol. The Balaban J connectivity index is -0.000000320. The van der Waals surface area contributed by atoms with E-state index < -0.39 is 18.3 Å². The van der Waals surface area contributed by atoms with E-state index in [-0.39, 0.29) is 24.8 Å². The van der Waals surface area contributed by atoms with Crippen LogP contribution in [0.2, 0.25) is 0 Å². The molecule has 0 aliphatic rings. The van der Waals surface area contributed by atoms with Gasteiger partial charge in [0.05, 0.1) is 0 Å². The van der Waals surface area contributed by atoms with Crippen molar-refractivity contribution in [2.75, 3.05) is 6.54 Å². The second-order valence-electron chi connectivity index (χ2n) is 2.12. The summed E-state index contributed by atoms with van der Waals surface area (Å²) in [4.78, 5) is 0. The average molecular weight is 215 g/mol. The van der Waals surface area contributed by atoms with Crippen LogP contribution in [0.1, 0.15) is 6.92 Å². The SMILES string of the molecule is C[C@](N)(CN)C(F)(F)F.Cl.Cl. The number of hydrogen-bond acceptors (Lipinski definition) is 2. The zero-order chi connectivity index (χ0) is 7.71. The third kappa shape index (κ3) is 4.68. The van der Waals surface area contributed by atoms with Crippen molar-refractivity contribution in [3.63, 3.8) is 0 Å². The molecule has 0 aromatic rings. The summed E-state index contributed by atoms with van der Waals surface area (Å²) in [5.74, 6) is 0. The molecule has 0 amide bonds. The molecule has 0 bridgehead atoms. The molecule has 0 heterocycles. The summed E-state index contributed by atoms with van der Waals surface area (Å²) in [7, 11) is 0. The molecule has 0 saturated heterocycles. The van der Waals surface area contributed by atoms with Crippen molar-refractivity contribution in [1.82, 2.24) is 0 Å². The van der Waals surface area contributed by atoms with E-state index in [1.54, 1.807) is 0 Å². The molecule has 0 aliphatic carbocycles. The minimum Gasteiger partial charge on any atom is -0.328 e. The Labute approximate surface area is 75.3 Å². The van der Waals surface area contributed by atoms with Gasteiger partial charge in [-0.25, -0.2) is 0 Å². The summed E-state index contributed by atoms with van der Waals surface area (Å²) in [5.41, 5.74) is 7.25. The average Bonchev–Trinajstić information content (AvgIpc) is 1.64. The first-order valence-corrected chi connectivity index (χ1v) is 2.37. The molecule has 0 aromatic heterocycles. The molecule has 72 valence electrons. The maximum atomic E-state index is 11.6. The highest BCUT2D eigenvalue weighted by Crippen LogP contribution is 2.26. The fourth-order valence-corrected chi connectivity index (χ4v) is 0.116. The Kier molecular flexibility index (Phi) is 7.95. The van der Waals surface area contributed by atoms with Gasteiger partial charge < -0.3 is 11.5 Å². The second-order valence-corrected chi connectivity index (χ2v) is 2.12. The van der Waals surface area contributed by atoms with Crippen LogP contribution in [0.3, 0.4) is 0 Å². The van der Waals surface area contributed by atoms with Gasteiger partial charge in [0, 0.05) is 6.54 Å². The van der Waals surface area contributed by atoms with Gasteiger partial charge in [0.15, 0.2) is 0 Å². The molecule has 0 unspecified atom stereocenters. The molecule has 0 aliphatic heterocycles.